The van der Waals surface area contributed by atoms with E-state index in [2.05, 4.69) is 0 Å². The molecule has 4 heteroatoms. The molecule has 1 atom stereocenters. The molecule has 1 aliphatic heterocycles. The fraction of sp³-hybridized carbons (Fsp3) is 0.381. The van der Waals surface area contributed by atoms with Crippen LogP contribution in [-0.2, 0) is 6.61 Å². The summed E-state index contributed by atoms with van der Waals surface area (Å²) in [6.45, 7) is 2.83. The predicted molar refractivity (Wildman–Crippen MR) is 99.5 cm³/mol. The van der Waals surface area contributed by atoms with Gasteiger partial charge in [0.2, 0.25) is 0 Å². The number of amides is 1. The van der Waals surface area contributed by atoms with Gasteiger partial charge in [0.1, 0.15) is 12.4 Å². The zero-order valence-electron chi connectivity index (χ0n) is 14.6. The Morgan fingerprint density at radius 3 is 2.80 bits per heavy atom. The average Bonchev–Trinajstić information content (AvgIpc) is 2.67. The molecule has 1 aliphatic rings. The first-order valence-corrected chi connectivity index (χ1v) is 9.02. The number of carbonyl (C=O) groups excluding carboxylic acids is 1. The highest BCUT2D eigenvalue weighted by molar-refractivity contribution is 5.94. The number of likely N-dealkylation sites (tertiary alicyclic amines) is 1. The molecule has 1 amide bonds. The molecule has 25 heavy (non-hydrogen) atoms. The molecule has 1 fully saturated rings. The first-order chi connectivity index (χ1) is 12.3. The zero-order valence-corrected chi connectivity index (χ0v) is 14.6. The standard InChI is InChI=1S/C21H26N2O2/c22-12-11-17-8-5-13-23(15-17)21(24)19-9-4-10-20(14-19)25-16-18-6-2-1-3-7-18/h1-4,6-7,9-10,14,17H,5,8,11-13,15-16,22H2. The van der Waals surface area contributed by atoms with Crippen molar-refractivity contribution in [2.75, 3.05) is 19.6 Å². The Kier molecular flexibility index (Phi) is 6.07. The Labute approximate surface area is 149 Å². The van der Waals surface area contributed by atoms with Crippen molar-refractivity contribution in [2.24, 2.45) is 11.7 Å². The largest absolute Gasteiger partial charge is 0.489 e. The molecule has 4 nitrogen and oxygen atoms in total. The van der Waals surface area contributed by atoms with E-state index in [0.717, 1.165) is 37.2 Å². The van der Waals surface area contributed by atoms with Crippen molar-refractivity contribution in [3.8, 4) is 5.75 Å². The van der Waals surface area contributed by atoms with Crippen LogP contribution in [0, 0.1) is 5.92 Å². The minimum Gasteiger partial charge on any atom is -0.489 e. The van der Waals surface area contributed by atoms with E-state index in [1.54, 1.807) is 0 Å². The van der Waals surface area contributed by atoms with E-state index in [9.17, 15) is 4.79 Å². The topological polar surface area (TPSA) is 55.6 Å². The summed E-state index contributed by atoms with van der Waals surface area (Å²) in [5.74, 6) is 1.34. The molecule has 0 radical (unpaired) electrons. The summed E-state index contributed by atoms with van der Waals surface area (Å²) in [7, 11) is 0. The van der Waals surface area contributed by atoms with Crippen LogP contribution in [0.2, 0.25) is 0 Å². The Morgan fingerprint density at radius 1 is 1.16 bits per heavy atom. The van der Waals surface area contributed by atoms with Crippen LogP contribution in [0.25, 0.3) is 0 Å². The van der Waals surface area contributed by atoms with Crippen LogP contribution >= 0.6 is 0 Å². The van der Waals surface area contributed by atoms with Crippen molar-refractivity contribution in [1.29, 1.82) is 0 Å². The van der Waals surface area contributed by atoms with Crippen LogP contribution in [0.1, 0.15) is 35.2 Å². The quantitative estimate of drug-likeness (QED) is 0.877. The maximum atomic E-state index is 12.8. The third kappa shape index (κ3) is 4.83. The number of rotatable bonds is 6. The summed E-state index contributed by atoms with van der Waals surface area (Å²) >= 11 is 0. The van der Waals surface area contributed by atoms with Crippen LogP contribution in [-0.4, -0.2) is 30.4 Å². The zero-order chi connectivity index (χ0) is 17.5. The predicted octanol–water partition coefficient (Wildman–Crippen LogP) is 3.47. The van der Waals surface area contributed by atoms with Gasteiger partial charge in [0.25, 0.3) is 5.91 Å². The van der Waals surface area contributed by atoms with Gasteiger partial charge in [-0.25, -0.2) is 0 Å². The van der Waals surface area contributed by atoms with Gasteiger partial charge in [-0.2, -0.15) is 0 Å². The Balaban J connectivity index is 1.63. The van der Waals surface area contributed by atoms with Crippen molar-refractivity contribution in [3.63, 3.8) is 0 Å². The van der Waals surface area contributed by atoms with Crippen molar-refractivity contribution < 1.29 is 9.53 Å². The van der Waals surface area contributed by atoms with Gasteiger partial charge in [-0.15, -0.1) is 0 Å². The molecule has 132 valence electrons. The van der Waals surface area contributed by atoms with Crippen LogP contribution in [0.4, 0.5) is 0 Å². The van der Waals surface area contributed by atoms with Gasteiger partial charge >= 0.3 is 0 Å². The number of hydrogen-bond donors (Lipinski definition) is 1. The van der Waals surface area contributed by atoms with Gasteiger partial charge < -0.3 is 15.4 Å². The lowest BCUT2D eigenvalue weighted by Gasteiger charge is -2.32. The lowest BCUT2D eigenvalue weighted by Crippen LogP contribution is -2.40. The Hall–Kier alpha value is -2.33. The van der Waals surface area contributed by atoms with E-state index in [-0.39, 0.29) is 5.91 Å². The van der Waals surface area contributed by atoms with Gasteiger partial charge in [0.15, 0.2) is 0 Å². The summed E-state index contributed by atoms with van der Waals surface area (Å²) < 4.78 is 5.84. The van der Waals surface area contributed by atoms with Crippen molar-refractivity contribution in [1.82, 2.24) is 4.90 Å². The van der Waals surface area contributed by atoms with Crippen LogP contribution in [0.15, 0.2) is 54.6 Å². The molecular formula is C21H26N2O2. The summed E-state index contributed by atoms with van der Waals surface area (Å²) in [5, 5.41) is 0. The molecule has 1 heterocycles. The number of nitrogens with two attached hydrogens (primary N) is 1. The van der Waals surface area contributed by atoms with Gasteiger partial charge in [-0.05, 0) is 55.5 Å². The fourth-order valence-corrected chi connectivity index (χ4v) is 3.36. The van der Waals surface area contributed by atoms with E-state index in [4.69, 9.17) is 10.5 Å². The monoisotopic (exact) mass is 338 g/mol. The van der Waals surface area contributed by atoms with E-state index in [1.807, 2.05) is 59.5 Å². The van der Waals surface area contributed by atoms with Crippen molar-refractivity contribution >= 4 is 5.91 Å². The third-order valence-corrected chi connectivity index (χ3v) is 4.71. The fourth-order valence-electron chi connectivity index (χ4n) is 3.36. The van der Waals surface area contributed by atoms with Crippen LogP contribution < -0.4 is 10.5 Å². The summed E-state index contributed by atoms with van der Waals surface area (Å²) in [4.78, 5) is 14.8. The number of nitrogens with zero attached hydrogens (tertiary/aromatic N) is 1. The second-order valence-electron chi connectivity index (χ2n) is 6.64. The van der Waals surface area contributed by atoms with Crippen LogP contribution in [0.3, 0.4) is 0 Å². The lowest BCUT2D eigenvalue weighted by atomic mass is 9.94. The van der Waals surface area contributed by atoms with E-state index in [0.29, 0.717) is 24.6 Å². The number of piperidine rings is 1. The van der Waals surface area contributed by atoms with E-state index < -0.39 is 0 Å². The second-order valence-corrected chi connectivity index (χ2v) is 6.64. The number of ether oxygens (including phenoxy) is 1. The first kappa shape index (κ1) is 17.5. The Bertz CT molecular complexity index is 685. The van der Waals surface area contributed by atoms with Crippen LogP contribution in [0.5, 0.6) is 5.75 Å². The average molecular weight is 338 g/mol. The maximum absolute atomic E-state index is 12.8. The maximum Gasteiger partial charge on any atom is 0.253 e. The molecule has 0 bridgehead atoms. The molecule has 2 aromatic rings. The number of hydrogen-bond acceptors (Lipinski definition) is 3. The van der Waals surface area contributed by atoms with Crippen molar-refractivity contribution in [2.45, 2.75) is 25.9 Å². The molecule has 0 saturated carbocycles. The molecule has 2 N–H and O–H groups in total. The van der Waals surface area contributed by atoms with Gasteiger partial charge in [0, 0.05) is 18.7 Å². The normalized spacial score (nSPS) is 17.3. The highest BCUT2D eigenvalue weighted by atomic mass is 16.5. The van der Waals surface area contributed by atoms with Gasteiger partial charge in [-0.1, -0.05) is 36.4 Å². The minimum atomic E-state index is 0.0897. The molecule has 0 aromatic heterocycles. The molecule has 3 rings (SSSR count). The van der Waals surface area contributed by atoms with Crippen molar-refractivity contribution in [3.05, 3.63) is 65.7 Å². The lowest BCUT2D eigenvalue weighted by molar-refractivity contribution is 0.0669. The second kappa shape index (κ2) is 8.67. The summed E-state index contributed by atoms with van der Waals surface area (Å²) in [6.07, 6.45) is 3.21. The van der Waals surface area contributed by atoms with E-state index >= 15 is 0 Å². The highest BCUT2D eigenvalue weighted by Gasteiger charge is 2.24. The molecule has 0 aliphatic carbocycles. The summed E-state index contributed by atoms with van der Waals surface area (Å²) in [5.41, 5.74) is 7.48. The van der Waals surface area contributed by atoms with Gasteiger partial charge in [-0.3, -0.25) is 4.79 Å². The molecule has 2 aromatic carbocycles. The smallest absolute Gasteiger partial charge is 0.253 e. The number of carbonyl (C=O) groups is 1. The minimum absolute atomic E-state index is 0.0897. The van der Waals surface area contributed by atoms with Gasteiger partial charge in [0.05, 0.1) is 0 Å². The highest BCUT2D eigenvalue weighted by Crippen LogP contribution is 2.22. The SMILES string of the molecule is NCCC1CCCN(C(=O)c2cccc(OCc3ccccc3)c2)C1. The number of benzene rings is 2. The molecule has 1 unspecified atom stereocenters. The summed E-state index contributed by atoms with van der Waals surface area (Å²) in [6, 6.07) is 17.5. The Morgan fingerprint density at radius 2 is 2.00 bits per heavy atom. The molecular weight excluding hydrogens is 312 g/mol. The molecule has 1 saturated heterocycles. The first-order valence-electron chi connectivity index (χ1n) is 9.02. The molecule has 0 spiro atoms. The van der Waals surface area contributed by atoms with E-state index in [1.165, 1.54) is 6.42 Å². The third-order valence-electron chi connectivity index (χ3n) is 4.71.